The summed E-state index contributed by atoms with van der Waals surface area (Å²) in [5.74, 6) is -1.01. The first kappa shape index (κ1) is 26.6. The number of hydrogen-bond donors (Lipinski definition) is 0. The molecule has 2 aliphatic rings. The summed E-state index contributed by atoms with van der Waals surface area (Å²) < 4.78 is 36.2. The normalized spacial score (nSPS) is 20.4. The molecule has 188 valence electrons. The molecule has 3 heterocycles. The topological polar surface area (TPSA) is 54.8 Å². The van der Waals surface area contributed by atoms with Crippen LogP contribution in [0.25, 0.3) is 11.1 Å². The Morgan fingerprint density at radius 2 is 1.78 bits per heavy atom. The van der Waals surface area contributed by atoms with Gasteiger partial charge in [0.05, 0.1) is 0 Å². The predicted molar refractivity (Wildman–Crippen MR) is 141 cm³/mol. The maximum absolute atomic E-state index is 14.9. The molecule has 0 aliphatic carbocycles. The zero-order chi connectivity index (χ0) is 25.1. The molecule has 2 unspecified atom stereocenters. The monoisotopic (exact) mass is 593 g/mol. The van der Waals surface area contributed by atoms with Crippen LogP contribution in [0.4, 0.5) is 8.78 Å². The second kappa shape index (κ2) is 9.44. The molecule has 2 aromatic carbocycles. The van der Waals surface area contributed by atoms with Gasteiger partial charge in [0, 0.05) is 0 Å². The Balaban J connectivity index is 0.00000304. The number of hydrogen-bond acceptors (Lipinski definition) is 4. The quantitative estimate of drug-likeness (QED) is 0.320. The minimum Gasteiger partial charge on any atom is -0.147 e. The van der Waals surface area contributed by atoms with Crippen LogP contribution in [0.15, 0.2) is 53.7 Å². The molecule has 1 amide bonds. The van der Waals surface area contributed by atoms with Crippen molar-refractivity contribution in [3.63, 3.8) is 0 Å². The predicted octanol–water partition coefficient (Wildman–Crippen LogP) is 4.91. The molecular weight excluding hydrogens is 570 g/mol. The van der Waals surface area contributed by atoms with E-state index in [1.165, 1.54) is 46.0 Å². The Hall–Kier alpha value is -2.47. The average molecular weight is 594 g/mol. The number of ether oxygens (including phenoxy) is 1. The molecule has 0 N–H and O–H groups in total. The Morgan fingerprint density at radius 1 is 1.08 bits per heavy atom. The van der Waals surface area contributed by atoms with E-state index in [4.69, 9.17) is 21.3 Å². The van der Waals surface area contributed by atoms with E-state index >= 15 is 0 Å². The van der Waals surface area contributed by atoms with Gasteiger partial charge in [-0.1, -0.05) is 0 Å². The molecule has 0 fully saturated rings. The number of aliphatic imine (C=N–C) groups is 1. The van der Waals surface area contributed by atoms with Crippen molar-refractivity contribution in [3.8, 4) is 16.9 Å². The van der Waals surface area contributed by atoms with Crippen molar-refractivity contribution in [3.05, 3.63) is 82.1 Å². The van der Waals surface area contributed by atoms with Crippen LogP contribution in [-0.2, 0) is 16.8 Å². The number of benzene rings is 2. The number of amides is 1. The summed E-state index contributed by atoms with van der Waals surface area (Å²) in [6.45, 7) is 4.08. The second-order valence-corrected chi connectivity index (χ2v) is 10.9. The fourth-order valence-electron chi connectivity index (χ4n) is 4.64. The van der Waals surface area contributed by atoms with Crippen molar-refractivity contribution in [1.82, 2.24) is 9.88 Å². The summed E-state index contributed by atoms with van der Waals surface area (Å²) in [5, 5.41) is 0.173. The number of likely N-dealkylation sites (N-methyl/N-ethyl adjacent to an activating group) is 1. The van der Waals surface area contributed by atoms with E-state index < -0.39 is 17.3 Å². The number of carbonyl (C=O) groups excluding carboxylic acids is 1. The number of fused-ring (bicyclic) bond motifs is 1. The van der Waals surface area contributed by atoms with Gasteiger partial charge in [0.25, 0.3) is 0 Å². The van der Waals surface area contributed by atoms with Gasteiger partial charge < -0.3 is 0 Å². The van der Waals surface area contributed by atoms with Gasteiger partial charge in [-0.15, -0.1) is 12.4 Å². The molecule has 2 atom stereocenters. The number of pyridine rings is 1. The third kappa shape index (κ3) is 4.31. The van der Waals surface area contributed by atoms with Gasteiger partial charge in [-0.05, 0) is 0 Å². The number of nitrogens with zero attached hydrogens (tertiary/aromatic N) is 3. The minimum atomic E-state index is -1.44. The van der Waals surface area contributed by atoms with Gasteiger partial charge in [0.2, 0.25) is 0 Å². The number of halogens is 4. The number of amidine groups is 1. The van der Waals surface area contributed by atoms with Crippen LogP contribution in [0.1, 0.15) is 37.0 Å². The Labute approximate surface area is 227 Å². The zero-order valence-corrected chi connectivity index (χ0v) is 23.8. The maximum atomic E-state index is 14.9. The molecule has 10 heteroatoms. The molecule has 5 rings (SSSR count). The third-order valence-corrected chi connectivity index (χ3v) is 7.87. The molecule has 0 saturated carbocycles. The van der Waals surface area contributed by atoms with Crippen molar-refractivity contribution in [2.45, 2.75) is 37.8 Å². The van der Waals surface area contributed by atoms with E-state index in [9.17, 15) is 13.6 Å². The van der Waals surface area contributed by atoms with Crippen LogP contribution in [-0.4, -0.2) is 49.9 Å². The Kier molecular flexibility index (Phi) is 6.97. The van der Waals surface area contributed by atoms with Gasteiger partial charge in [-0.25, -0.2) is 0 Å². The smallest absolute Gasteiger partial charge is 0.147 e. The third-order valence-electron chi connectivity index (χ3n) is 6.58. The van der Waals surface area contributed by atoms with Crippen LogP contribution < -0.4 is 4.74 Å². The van der Waals surface area contributed by atoms with Crippen LogP contribution >= 0.6 is 24.0 Å². The average Bonchev–Trinajstić information content (AvgIpc) is 3.05. The molecule has 0 radical (unpaired) electrons. The molecular formula is C26H24AsCl2F2N3O2. The van der Waals surface area contributed by atoms with Gasteiger partial charge in [-0.2, -0.15) is 0 Å². The van der Waals surface area contributed by atoms with Crippen LogP contribution in [0.5, 0.6) is 5.75 Å². The van der Waals surface area contributed by atoms with E-state index in [1.807, 2.05) is 32.0 Å². The van der Waals surface area contributed by atoms with E-state index in [1.54, 1.807) is 7.05 Å². The SMILES string of the molecule is CN1C(=O)C(c2ccc3c(c2)CCC(C)(C)O3)(c2ccc(F)c(-c3cc(Cl)cnc3F)c2)N=C1[AsH2].Cl. The molecule has 2 aliphatic heterocycles. The molecule has 0 spiro atoms. The Bertz CT molecular complexity index is 1420. The first-order valence-corrected chi connectivity index (χ1v) is 12.7. The van der Waals surface area contributed by atoms with Crippen molar-refractivity contribution in [2.24, 2.45) is 4.99 Å². The van der Waals surface area contributed by atoms with E-state index in [-0.39, 0.29) is 40.1 Å². The largest absolute Gasteiger partial charge is 0.147 e. The van der Waals surface area contributed by atoms with E-state index in [0.717, 1.165) is 30.4 Å². The minimum absolute atomic E-state index is 0. The number of aromatic nitrogens is 1. The Morgan fingerprint density at radius 3 is 2.47 bits per heavy atom. The van der Waals surface area contributed by atoms with Gasteiger partial charge in [0.1, 0.15) is 0 Å². The van der Waals surface area contributed by atoms with E-state index in [2.05, 4.69) is 4.98 Å². The van der Waals surface area contributed by atoms with Crippen LogP contribution in [0, 0.1) is 11.8 Å². The standard InChI is InChI=1S/C26H23AsClF2N3O2.ClH/c1-25(2)9-8-14-10-15(5-7-21(14)35-25)26(23(34)33(3)24(27)32-26)16-4-6-20(29)18(11-16)19-12-17(28)13-31-22(19)30;/h4-7,10-13H,8-9,27H2,1-3H3;1H. The number of aryl methyl sites for hydroxylation is 1. The van der Waals surface area contributed by atoms with Crippen molar-refractivity contribution >= 4 is 51.4 Å². The first-order valence-electron chi connectivity index (χ1n) is 11.1. The van der Waals surface area contributed by atoms with Crippen LogP contribution in [0.3, 0.4) is 0 Å². The molecule has 36 heavy (non-hydrogen) atoms. The number of rotatable bonds is 3. The fraction of sp³-hybridized carbons (Fsp3) is 0.269. The van der Waals surface area contributed by atoms with Crippen molar-refractivity contribution in [1.29, 1.82) is 0 Å². The van der Waals surface area contributed by atoms with Gasteiger partial charge in [0.15, 0.2) is 0 Å². The summed E-state index contributed by atoms with van der Waals surface area (Å²) in [4.78, 5) is 23.7. The summed E-state index contributed by atoms with van der Waals surface area (Å²) in [6.07, 6.45) is 2.78. The first-order chi connectivity index (χ1) is 16.5. The van der Waals surface area contributed by atoms with Crippen molar-refractivity contribution in [2.75, 3.05) is 7.05 Å². The summed E-state index contributed by atoms with van der Waals surface area (Å²) in [5.41, 5.74) is 0.215. The molecule has 0 bridgehead atoms. The fourth-order valence-corrected chi connectivity index (χ4v) is 5.45. The van der Waals surface area contributed by atoms with Crippen molar-refractivity contribution < 1.29 is 18.3 Å². The zero-order valence-electron chi connectivity index (χ0n) is 19.8. The maximum Gasteiger partial charge on any atom is -0.147 e. The molecule has 0 saturated heterocycles. The second-order valence-electron chi connectivity index (χ2n) is 9.42. The summed E-state index contributed by atoms with van der Waals surface area (Å²) >= 11 is 7.22. The number of carbonyl (C=O) groups is 1. The molecule has 3 aromatic rings. The summed E-state index contributed by atoms with van der Waals surface area (Å²) in [7, 11) is 1.67. The molecule has 1 aromatic heterocycles. The van der Waals surface area contributed by atoms with E-state index in [0.29, 0.717) is 15.8 Å². The summed E-state index contributed by atoms with van der Waals surface area (Å²) in [6, 6.07) is 11.1. The van der Waals surface area contributed by atoms with Gasteiger partial charge >= 0.3 is 216 Å². The molecule has 5 nitrogen and oxygen atoms in total. The van der Waals surface area contributed by atoms with Gasteiger partial charge in [-0.3, -0.25) is 0 Å². The van der Waals surface area contributed by atoms with Crippen LogP contribution in [0.2, 0.25) is 5.02 Å².